The summed E-state index contributed by atoms with van der Waals surface area (Å²) in [4.78, 5) is 0. The Balaban J connectivity index is 2.41. The van der Waals surface area contributed by atoms with E-state index in [0.717, 1.165) is 38.8 Å². The maximum Gasteiger partial charge on any atom is -0.00741 e. The van der Waals surface area contributed by atoms with Crippen LogP contribution in [-0.4, -0.2) is 13.1 Å². The number of hydrogen-bond acceptors (Lipinski definition) is 2. The molecule has 0 atom stereocenters. The zero-order valence-corrected chi connectivity index (χ0v) is 10.9. The Morgan fingerprint density at radius 3 is 2.28 bits per heavy atom. The average molecular weight is 242 g/mol. The summed E-state index contributed by atoms with van der Waals surface area (Å²) >= 11 is 0. The molecule has 2 heteroatoms. The summed E-state index contributed by atoms with van der Waals surface area (Å²) in [6.07, 6.45) is 4.23. The molecule has 0 spiro atoms. The fraction of sp³-hybridized carbons (Fsp3) is 0.375. The topological polar surface area (TPSA) is 52.0 Å². The SMILES string of the molecule is NCCCc1ccc2ccccc2c1CCCN. The van der Waals surface area contributed by atoms with Crippen LogP contribution >= 0.6 is 0 Å². The second-order valence-corrected chi connectivity index (χ2v) is 4.71. The zero-order valence-electron chi connectivity index (χ0n) is 10.9. The van der Waals surface area contributed by atoms with Crippen molar-refractivity contribution >= 4 is 10.8 Å². The molecule has 2 aromatic carbocycles. The van der Waals surface area contributed by atoms with Crippen LogP contribution in [-0.2, 0) is 12.8 Å². The van der Waals surface area contributed by atoms with Crippen LogP contribution in [0.4, 0.5) is 0 Å². The summed E-state index contributed by atoms with van der Waals surface area (Å²) in [5.74, 6) is 0. The summed E-state index contributed by atoms with van der Waals surface area (Å²) < 4.78 is 0. The van der Waals surface area contributed by atoms with Crippen molar-refractivity contribution in [1.29, 1.82) is 0 Å². The van der Waals surface area contributed by atoms with E-state index in [1.807, 2.05) is 0 Å². The van der Waals surface area contributed by atoms with E-state index in [0.29, 0.717) is 0 Å². The van der Waals surface area contributed by atoms with Gasteiger partial charge in [-0.2, -0.15) is 0 Å². The van der Waals surface area contributed by atoms with Crippen LogP contribution in [0.15, 0.2) is 36.4 Å². The van der Waals surface area contributed by atoms with Crippen molar-refractivity contribution in [3.05, 3.63) is 47.5 Å². The van der Waals surface area contributed by atoms with Crippen LogP contribution in [0, 0.1) is 0 Å². The van der Waals surface area contributed by atoms with Crippen LogP contribution in [0.25, 0.3) is 10.8 Å². The molecule has 0 bridgehead atoms. The van der Waals surface area contributed by atoms with E-state index in [1.54, 1.807) is 0 Å². The smallest absolute Gasteiger partial charge is 0.00741 e. The minimum Gasteiger partial charge on any atom is -0.330 e. The first-order valence-corrected chi connectivity index (χ1v) is 6.76. The van der Waals surface area contributed by atoms with E-state index in [9.17, 15) is 0 Å². The van der Waals surface area contributed by atoms with Gasteiger partial charge in [0.15, 0.2) is 0 Å². The molecular formula is C16H22N2. The van der Waals surface area contributed by atoms with E-state index >= 15 is 0 Å². The van der Waals surface area contributed by atoms with E-state index in [2.05, 4.69) is 36.4 Å². The van der Waals surface area contributed by atoms with Crippen LogP contribution in [0.2, 0.25) is 0 Å². The van der Waals surface area contributed by atoms with Gasteiger partial charge in [0.2, 0.25) is 0 Å². The van der Waals surface area contributed by atoms with Crippen LogP contribution in [0.1, 0.15) is 24.0 Å². The molecule has 4 N–H and O–H groups in total. The van der Waals surface area contributed by atoms with Crippen LogP contribution in [0.5, 0.6) is 0 Å². The second kappa shape index (κ2) is 6.53. The first-order chi connectivity index (χ1) is 8.86. The van der Waals surface area contributed by atoms with Crippen LogP contribution < -0.4 is 11.5 Å². The number of hydrogen-bond donors (Lipinski definition) is 2. The Kier molecular flexibility index (Phi) is 4.73. The van der Waals surface area contributed by atoms with Gasteiger partial charge >= 0.3 is 0 Å². The lowest BCUT2D eigenvalue weighted by molar-refractivity contribution is 0.796. The molecule has 2 nitrogen and oxygen atoms in total. The van der Waals surface area contributed by atoms with Gasteiger partial charge in [-0.1, -0.05) is 36.4 Å². The monoisotopic (exact) mass is 242 g/mol. The van der Waals surface area contributed by atoms with Gasteiger partial charge in [-0.15, -0.1) is 0 Å². The van der Waals surface area contributed by atoms with E-state index in [-0.39, 0.29) is 0 Å². The van der Waals surface area contributed by atoms with E-state index in [4.69, 9.17) is 11.5 Å². The molecule has 0 amide bonds. The maximum absolute atomic E-state index is 5.65. The molecule has 96 valence electrons. The molecule has 0 saturated carbocycles. The van der Waals surface area contributed by atoms with Gasteiger partial charge in [0.25, 0.3) is 0 Å². The molecule has 18 heavy (non-hydrogen) atoms. The fourth-order valence-corrected chi connectivity index (χ4v) is 2.48. The third-order valence-corrected chi connectivity index (χ3v) is 3.42. The lowest BCUT2D eigenvalue weighted by Crippen LogP contribution is -2.05. The molecule has 2 rings (SSSR count). The highest BCUT2D eigenvalue weighted by molar-refractivity contribution is 5.86. The summed E-state index contributed by atoms with van der Waals surface area (Å²) in [5, 5.41) is 2.70. The minimum atomic E-state index is 0.750. The molecule has 0 heterocycles. The maximum atomic E-state index is 5.65. The molecule has 0 aliphatic rings. The summed E-state index contributed by atoms with van der Waals surface area (Å²) in [5.41, 5.74) is 14.2. The Morgan fingerprint density at radius 1 is 0.778 bits per heavy atom. The summed E-state index contributed by atoms with van der Waals surface area (Å²) in [6, 6.07) is 13.1. The standard InChI is InChI=1S/C16H22N2/c17-11-3-6-14-10-9-13-5-1-2-7-15(13)16(14)8-4-12-18/h1-2,5,7,9-10H,3-4,6,8,11-12,17-18H2. The number of nitrogens with two attached hydrogens (primary N) is 2. The third-order valence-electron chi connectivity index (χ3n) is 3.42. The van der Waals surface area contributed by atoms with Crippen molar-refractivity contribution in [2.24, 2.45) is 11.5 Å². The van der Waals surface area contributed by atoms with E-state index < -0.39 is 0 Å². The Hall–Kier alpha value is -1.38. The predicted octanol–water partition coefficient (Wildman–Crippen LogP) is 2.62. The van der Waals surface area contributed by atoms with Gasteiger partial charge in [-0.05, 0) is 60.7 Å². The predicted molar refractivity (Wildman–Crippen MR) is 78.7 cm³/mol. The molecule has 0 radical (unpaired) electrons. The molecule has 0 unspecified atom stereocenters. The number of aryl methyl sites for hydroxylation is 2. The highest BCUT2D eigenvalue weighted by Gasteiger charge is 2.06. The van der Waals surface area contributed by atoms with Gasteiger partial charge in [-0.3, -0.25) is 0 Å². The van der Waals surface area contributed by atoms with Gasteiger partial charge in [-0.25, -0.2) is 0 Å². The summed E-state index contributed by atoms with van der Waals surface area (Å²) in [7, 11) is 0. The zero-order chi connectivity index (χ0) is 12.8. The van der Waals surface area contributed by atoms with Crippen molar-refractivity contribution < 1.29 is 0 Å². The van der Waals surface area contributed by atoms with Gasteiger partial charge < -0.3 is 11.5 Å². The average Bonchev–Trinajstić information content (AvgIpc) is 2.43. The minimum absolute atomic E-state index is 0.750. The number of rotatable bonds is 6. The molecule has 0 aromatic heterocycles. The molecule has 0 fully saturated rings. The Labute approximate surface area is 109 Å². The summed E-state index contributed by atoms with van der Waals surface area (Å²) in [6.45, 7) is 1.50. The van der Waals surface area contributed by atoms with Gasteiger partial charge in [0, 0.05) is 0 Å². The van der Waals surface area contributed by atoms with E-state index in [1.165, 1.54) is 21.9 Å². The first kappa shape index (κ1) is 13.1. The first-order valence-electron chi connectivity index (χ1n) is 6.76. The quantitative estimate of drug-likeness (QED) is 0.818. The van der Waals surface area contributed by atoms with Crippen molar-refractivity contribution in [1.82, 2.24) is 0 Å². The molecule has 0 saturated heterocycles. The van der Waals surface area contributed by atoms with Gasteiger partial charge in [0.05, 0.1) is 0 Å². The molecule has 0 aliphatic heterocycles. The second-order valence-electron chi connectivity index (χ2n) is 4.71. The lowest BCUT2D eigenvalue weighted by atomic mass is 9.93. The largest absolute Gasteiger partial charge is 0.330 e. The number of fused-ring (bicyclic) bond motifs is 1. The van der Waals surface area contributed by atoms with Crippen molar-refractivity contribution in [2.75, 3.05) is 13.1 Å². The lowest BCUT2D eigenvalue weighted by Gasteiger charge is -2.12. The normalized spacial score (nSPS) is 11.0. The van der Waals surface area contributed by atoms with Crippen molar-refractivity contribution in [3.63, 3.8) is 0 Å². The molecule has 2 aromatic rings. The highest BCUT2D eigenvalue weighted by Crippen LogP contribution is 2.24. The fourth-order valence-electron chi connectivity index (χ4n) is 2.48. The van der Waals surface area contributed by atoms with Crippen molar-refractivity contribution in [2.45, 2.75) is 25.7 Å². The molecular weight excluding hydrogens is 220 g/mol. The van der Waals surface area contributed by atoms with Crippen LogP contribution in [0.3, 0.4) is 0 Å². The Bertz CT molecular complexity index is 505. The third kappa shape index (κ3) is 2.89. The van der Waals surface area contributed by atoms with Crippen molar-refractivity contribution in [3.8, 4) is 0 Å². The van der Waals surface area contributed by atoms with Gasteiger partial charge in [0.1, 0.15) is 0 Å². The number of benzene rings is 2. The molecule has 0 aliphatic carbocycles. The highest BCUT2D eigenvalue weighted by atomic mass is 14.5. The Morgan fingerprint density at radius 2 is 1.50 bits per heavy atom.